The zero-order chi connectivity index (χ0) is 19.3. The molecule has 0 spiro atoms. The molecule has 1 heterocycles. The molecular weight excluding hydrogens is 354 g/mol. The quantitative estimate of drug-likeness (QED) is 0.777. The van der Waals surface area contributed by atoms with Crippen molar-refractivity contribution in [1.29, 1.82) is 0 Å². The van der Waals surface area contributed by atoms with E-state index in [0.29, 0.717) is 5.39 Å². The van der Waals surface area contributed by atoms with E-state index in [1.165, 1.54) is 38.5 Å². The Morgan fingerprint density at radius 1 is 1.18 bits per heavy atom. The number of rotatable bonds is 5. The Balaban J connectivity index is 1.19. The Labute approximate surface area is 164 Å². The van der Waals surface area contributed by atoms with Crippen molar-refractivity contribution in [2.45, 2.75) is 51.5 Å². The van der Waals surface area contributed by atoms with Crippen LogP contribution in [0.5, 0.6) is 0 Å². The SMILES string of the molecule is CC(NC(=O)COC(=O)c1n[nH]c2ccccc12)C12CC3CC(CC(C3)C1)C2. The summed E-state index contributed by atoms with van der Waals surface area (Å²) >= 11 is 0. The van der Waals surface area contributed by atoms with Crippen LogP contribution in [0.25, 0.3) is 10.9 Å². The number of carbonyl (C=O) groups excluding carboxylic acids is 2. The van der Waals surface area contributed by atoms with Crippen molar-refractivity contribution in [3.63, 3.8) is 0 Å². The van der Waals surface area contributed by atoms with Gasteiger partial charge in [-0.2, -0.15) is 5.10 Å². The topological polar surface area (TPSA) is 84.1 Å². The number of para-hydroxylation sites is 1. The molecule has 2 N–H and O–H groups in total. The molecule has 4 aliphatic carbocycles. The Hall–Kier alpha value is -2.37. The van der Waals surface area contributed by atoms with Crippen molar-refractivity contribution < 1.29 is 14.3 Å². The lowest BCUT2D eigenvalue weighted by molar-refractivity contribution is -0.128. The van der Waals surface area contributed by atoms with Crippen molar-refractivity contribution in [2.75, 3.05) is 6.61 Å². The molecule has 0 aliphatic heterocycles. The first kappa shape index (κ1) is 17.7. The van der Waals surface area contributed by atoms with Gasteiger partial charge in [-0.15, -0.1) is 0 Å². The lowest BCUT2D eigenvalue weighted by Gasteiger charge is -2.59. The lowest BCUT2D eigenvalue weighted by atomic mass is 9.48. The highest BCUT2D eigenvalue weighted by molar-refractivity contribution is 6.02. The minimum absolute atomic E-state index is 0.123. The number of amides is 1. The normalized spacial score (nSPS) is 31.7. The van der Waals surface area contributed by atoms with Gasteiger partial charge in [-0.3, -0.25) is 9.89 Å². The third-order valence-corrected chi connectivity index (χ3v) is 7.38. The van der Waals surface area contributed by atoms with Gasteiger partial charge < -0.3 is 10.1 Å². The Morgan fingerprint density at radius 2 is 1.82 bits per heavy atom. The summed E-state index contributed by atoms with van der Waals surface area (Å²) in [5, 5.41) is 10.7. The maximum absolute atomic E-state index is 12.5. The second-order valence-electron chi connectivity index (χ2n) is 9.26. The van der Waals surface area contributed by atoms with Gasteiger partial charge in [0.2, 0.25) is 0 Å². The van der Waals surface area contributed by atoms with Crippen LogP contribution in [-0.4, -0.2) is 34.7 Å². The van der Waals surface area contributed by atoms with E-state index in [2.05, 4.69) is 22.4 Å². The molecule has 28 heavy (non-hydrogen) atoms. The standard InChI is InChI=1S/C22H27N3O3/c1-13(22-9-14-6-15(10-22)8-16(7-14)11-22)23-19(26)12-28-21(27)20-17-4-2-3-5-18(17)24-25-20/h2-5,13-16H,6-12H2,1H3,(H,23,26)(H,24,25). The molecule has 6 heteroatoms. The van der Waals surface area contributed by atoms with Crippen molar-refractivity contribution >= 4 is 22.8 Å². The highest BCUT2D eigenvalue weighted by Crippen LogP contribution is 2.61. The van der Waals surface area contributed by atoms with E-state index in [1.807, 2.05) is 24.3 Å². The number of ether oxygens (including phenoxy) is 1. The predicted octanol–water partition coefficient (Wildman–Crippen LogP) is 3.44. The minimum Gasteiger partial charge on any atom is -0.451 e. The molecule has 6 rings (SSSR count). The highest BCUT2D eigenvalue weighted by atomic mass is 16.5. The summed E-state index contributed by atoms with van der Waals surface area (Å²) in [7, 11) is 0. The fourth-order valence-corrected chi connectivity index (χ4v) is 6.46. The van der Waals surface area contributed by atoms with Crippen molar-refractivity contribution in [3.8, 4) is 0 Å². The zero-order valence-corrected chi connectivity index (χ0v) is 16.2. The summed E-state index contributed by atoms with van der Waals surface area (Å²) in [6.45, 7) is 1.87. The average molecular weight is 381 g/mol. The first-order valence-electron chi connectivity index (χ1n) is 10.4. The van der Waals surface area contributed by atoms with Crippen LogP contribution in [0.15, 0.2) is 24.3 Å². The third kappa shape index (κ3) is 2.99. The van der Waals surface area contributed by atoms with Gasteiger partial charge in [-0.1, -0.05) is 18.2 Å². The van der Waals surface area contributed by atoms with Gasteiger partial charge in [0.15, 0.2) is 12.3 Å². The van der Waals surface area contributed by atoms with Crippen molar-refractivity contribution in [2.24, 2.45) is 23.2 Å². The van der Waals surface area contributed by atoms with Crippen LogP contribution in [0.1, 0.15) is 55.9 Å². The molecule has 0 saturated heterocycles. The second-order valence-corrected chi connectivity index (χ2v) is 9.26. The molecule has 2 aromatic rings. The number of hydrogen-bond donors (Lipinski definition) is 2. The van der Waals surface area contributed by atoms with Crippen LogP contribution in [-0.2, 0) is 9.53 Å². The fraction of sp³-hybridized carbons (Fsp3) is 0.591. The van der Waals surface area contributed by atoms with Crippen molar-refractivity contribution in [1.82, 2.24) is 15.5 Å². The molecule has 4 bridgehead atoms. The molecule has 148 valence electrons. The number of H-pyrrole nitrogens is 1. The number of nitrogens with one attached hydrogen (secondary N) is 2. The van der Waals surface area contributed by atoms with Gasteiger partial charge in [-0.05, 0) is 74.7 Å². The number of aromatic nitrogens is 2. The molecule has 4 fully saturated rings. The first-order valence-corrected chi connectivity index (χ1v) is 10.4. The number of fused-ring (bicyclic) bond motifs is 1. The van der Waals surface area contributed by atoms with E-state index in [1.54, 1.807) is 0 Å². The monoisotopic (exact) mass is 381 g/mol. The molecule has 1 unspecified atom stereocenters. The van der Waals surface area contributed by atoms with E-state index >= 15 is 0 Å². The van der Waals surface area contributed by atoms with E-state index in [9.17, 15) is 9.59 Å². The third-order valence-electron chi connectivity index (χ3n) is 7.38. The summed E-state index contributed by atoms with van der Waals surface area (Å²) in [5.74, 6) is 1.73. The summed E-state index contributed by atoms with van der Waals surface area (Å²) in [4.78, 5) is 24.8. The molecule has 1 atom stereocenters. The Morgan fingerprint density at radius 3 is 2.50 bits per heavy atom. The number of nitrogens with zero attached hydrogens (tertiary/aromatic N) is 1. The molecule has 6 nitrogen and oxygen atoms in total. The first-order chi connectivity index (χ1) is 13.5. The van der Waals surface area contributed by atoms with Crippen LogP contribution in [0.4, 0.5) is 0 Å². The maximum atomic E-state index is 12.5. The molecule has 1 aromatic heterocycles. The molecule has 4 aliphatic rings. The minimum atomic E-state index is -0.574. The van der Waals surface area contributed by atoms with E-state index in [0.717, 1.165) is 23.3 Å². The van der Waals surface area contributed by atoms with E-state index in [4.69, 9.17) is 4.74 Å². The Bertz CT molecular complexity index is 883. The summed E-state index contributed by atoms with van der Waals surface area (Å²) < 4.78 is 5.24. The largest absolute Gasteiger partial charge is 0.451 e. The second kappa shape index (κ2) is 6.61. The molecule has 4 saturated carbocycles. The van der Waals surface area contributed by atoms with Gasteiger partial charge in [0, 0.05) is 11.4 Å². The number of hydrogen-bond acceptors (Lipinski definition) is 4. The van der Waals surface area contributed by atoms with Gasteiger partial charge in [0.1, 0.15) is 0 Å². The smallest absolute Gasteiger partial charge is 0.359 e. The van der Waals surface area contributed by atoms with Crippen LogP contribution < -0.4 is 5.32 Å². The predicted molar refractivity (Wildman–Crippen MR) is 105 cm³/mol. The zero-order valence-electron chi connectivity index (χ0n) is 16.2. The number of carbonyl (C=O) groups is 2. The number of esters is 1. The molecule has 0 radical (unpaired) electrons. The van der Waals surface area contributed by atoms with Crippen LogP contribution >= 0.6 is 0 Å². The highest BCUT2D eigenvalue weighted by Gasteiger charge is 2.53. The van der Waals surface area contributed by atoms with Crippen LogP contribution in [0, 0.1) is 23.2 Å². The summed E-state index contributed by atoms with van der Waals surface area (Å²) in [6.07, 6.45) is 7.86. The molecular formula is C22H27N3O3. The van der Waals surface area contributed by atoms with Gasteiger partial charge in [0.05, 0.1) is 5.52 Å². The van der Waals surface area contributed by atoms with Crippen LogP contribution in [0.2, 0.25) is 0 Å². The lowest BCUT2D eigenvalue weighted by Crippen LogP contribution is -2.56. The van der Waals surface area contributed by atoms with Gasteiger partial charge in [-0.25, -0.2) is 4.79 Å². The summed E-state index contributed by atoms with van der Waals surface area (Å²) in [6, 6.07) is 7.49. The molecule has 1 aromatic carbocycles. The van der Waals surface area contributed by atoms with E-state index in [-0.39, 0.29) is 29.7 Å². The number of benzene rings is 1. The fourth-order valence-electron chi connectivity index (χ4n) is 6.46. The van der Waals surface area contributed by atoms with Gasteiger partial charge >= 0.3 is 5.97 Å². The average Bonchev–Trinajstić information content (AvgIpc) is 3.09. The summed E-state index contributed by atoms with van der Waals surface area (Å²) in [5.41, 5.74) is 1.24. The van der Waals surface area contributed by atoms with Crippen molar-refractivity contribution in [3.05, 3.63) is 30.0 Å². The van der Waals surface area contributed by atoms with Gasteiger partial charge in [0.25, 0.3) is 5.91 Å². The number of aromatic amines is 1. The van der Waals surface area contributed by atoms with E-state index < -0.39 is 5.97 Å². The van der Waals surface area contributed by atoms with Crippen LogP contribution in [0.3, 0.4) is 0 Å². The Kier molecular flexibility index (Phi) is 4.18. The maximum Gasteiger partial charge on any atom is 0.359 e. The molecule has 1 amide bonds.